The minimum atomic E-state index is -0.393. The number of pyridine rings is 1. The van der Waals surface area contributed by atoms with Gasteiger partial charge in [-0.15, -0.1) is 5.10 Å². The van der Waals surface area contributed by atoms with E-state index in [1.165, 1.54) is 0 Å². The summed E-state index contributed by atoms with van der Waals surface area (Å²) in [6.07, 6.45) is 4.47. The summed E-state index contributed by atoms with van der Waals surface area (Å²) in [7, 11) is 0. The number of hydrogen-bond donors (Lipinski definition) is 0. The number of rotatable bonds is 6. The van der Waals surface area contributed by atoms with Crippen molar-refractivity contribution in [3.8, 4) is 11.5 Å². The molecule has 0 radical (unpaired) electrons. The SMILES string of the molecule is CCCn1nnnc1COC(=O)c1c2c(nc3ccccc13)/C(=C\c1ccc3c(c1)OCO3)CC2. The Kier molecular flexibility index (Phi) is 5.36. The first kappa shape index (κ1) is 21.3. The molecule has 1 aliphatic heterocycles. The standard InChI is InChI=1S/C26H23N5O4/c1-2-11-31-23(28-29-30-31)14-33-26(32)24-18-5-3-4-6-20(18)27-25-17(8-9-19(24)25)12-16-7-10-21-22(13-16)35-15-34-21/h3-7,10,12-13H,2,8-9,11,14-15H2,1H3/b17-12-. The number of para-hydroxylation sites is 1. The number of nitrogens with zero attached hydrogens (tertiary/aromatic N) is 5. The van der Waals surface area contributed by atoms with Crippen LogP contribution < -0.4 is 9.47 Å². The first-order valence-electron chi connectivity index (χ1n) is 11.7. The van der Waals surface area contributed by atoms with Crippen LogP contribution in [-0.4, -0.2) is 38.0 Å². The molecule has 0 unspecified atom stereocenters. The lowest BCUT2D eigenvalue weighted by molar-refractivity contribution is 0.0457. The Bertz CT molecular complexity index is 1480. The summed E-state index contributed by atoms with van der Waals surface area (Å²) in [6, 6.07) is 13.5. The Balaban J connectivity index is 1.36. The van der Waals surface area contributed by atoms with Gasteiger partial charge in [-0.25, -0.2) is 14.5 Å². The van der Waals surface area contributed by atoms with Crippen LogP contribution in [0.1, 0.15) is 52.8 Å². The number of carbonyl (C=O) groups excluding carboxylic acids is 1. The first-order chi connectivity index (χ1) is 17.2. The number of aryl methyl sites for hydroxylation is 1. The second-order valence-electron chi connectivity index (χ2n) is 8.51. The summed E-state index contributed by atoms with van der Waals surface area (Å²) in [5.74, 6) is 1.62. The number of carbonyl (C=O) groups is 1. The van der Waals surface area contributed by atoms with Crippen molar-refractivity contribution < 1.29 is 19.0 Å². The lowest BCUT2D eigenvalue weighted by Gasteiger charge is -2.12. The van der Waals surface area contributed by atoms with Gasteiger partial charge in [0, 0.05) is 11.9 Å². The number of tetrazole rings is 1. The molecule has 2 aliphatic rings. The van der Waals surface area contributed by atoms with E-state index >= 15 is 0 Å². The Labute approximate surface area is 201 Å². The molecule has 0 saturated carbocycles. The third-order valence-electron chi connectivity index (χ3n) is 6.26. The predicted molar refractivity (Wildman–Crippen MR) is 128 cm³/mol. The molecule has 35 heavy (non-hydrogen) atoms. The Morgan fingerprint density at radius 2 is 2.03 bits per heavy atom. The monoisotopic (exact) mass is 469 g/mol. The average Bonchev–Trinajstić information content (AvgIpc) is 3.62. The molecule has 0 N–H and O–H groups in total. The molecule has 0 bridgehead atoms. The lowest BCUT2D eigenvalue weighted by atomic mass is 10.0. The molecule has 2 aromatic heterocycles. The van der Waals surface area contributed by atoms with Gasteiger partial charge in [-0.05, 0) is 70.7 Å². The fourth-order valence-electron chi connectivity index (χ4n) is 4.63. The van der Waals surface area contributed by atoms with Gasteiger partial charge < -0.3 is 14.2 Å². The highest BCUT2D eigenvalue weighted by atomic mass is 16.7. The Morgan fingerprint density at radius 3 is 2.94 bits per heavy atom. The smallest absolute Gasteiger partial charge is 0.339 e. The van der Waals surface area contributed by atoms with Crippen molar-refractivity contribution in [2.75, 3.05) is 6.79 Å². The van der Waals surface area contributed by atoms with Crippen molar-refractivity contribution in [3.05, 3.63) is 70.7 Å². The van der Waals surface area contributed by atoms with E-state index in [9.17, 15) is 4.79 Å². The number of esters is 1. The highest BCUT2D eigenvalue weighted by Crippen LogP contribution is 2.39. The van der Waals surface area contributed by atoms with Crippen molar-refractivity contribution in [2.24, 2.45) is 0 Å². The molecule has 0 saturated heterocycles. The van der Waals surface area contributed by atoms with Crippen LogP contribution in [0.3, 0.4) is 0 Å². The van der Waals surface area contributed by atoms with Crippen LogP contribution in [0.5, 0.6) is 11.5 Å². The molecule has 9 heteroatoms. The van der Waals surface area contributed by atoms with Crippen LogP contribution in [0.15, 0.2) is 42.5 Å². The molecule has 0 atom stereocenters. The van der Waals surface area contributed by atoms with E-state index in [0.717, 1.165) is 57.6 Å². The van der Waals surface area contributed by atoms with E-state index in [2.05, 4.69) is 21.6 Å². The molecule has 0 fully saturated rings. The fourth-order valence-corrected chi connectivity index (χ4v) is 4.63. The number of fused-ring (bicyclic) bond motifs is 3. The topological polar surface area (TPSA) is 101 Å². The maximum Gasteiger partial charge on any atom is 0.339 e. The number of ether oxygens (including phenoxy) is 3. The quantitative estimate of drug-likeness (QED) is 0.387. The van der Waals surface area contributed by atoms with Gasteiger partial charge in [0.1, 0.15) is 0 Å². The van der Waals surface area contributed by atoms with Crippen LogP contribution in [0.25, 0.3) is 22.6 Å². The van der Waals surface area contributed by atoms with E-state index in [1.54, 1.807) is 4.68 Å². The van der Waals surface area contributed by atoms with Crippen molar-refractivity contribution in [2.45, 2.75) is 39.3 Å². The zero-order valence-corrected chi connectivity index (χ0v) is 19.2. The van der Waals surface area contributed by atoms with Gasteiger partial charge in [-0.1, -0.05) is 31.2 Å². The zero-order chi connectivity index (χ0) is 23.8. The van der Waals surface area contributed by atoms with Crippen molar-refractivity contribution in [3.63, 3.8) is 0 Å². The largest absolute Gasteiger partial charge is 0.454 e. The highest BCUT2D eigenvalue weighted by molar-refractivity contribution is 6.07. The minimum absolute atomic E-state index is 0.0111. The van der Waals surface area contributed by atoms with Crippen LogP contribution in [-0.2, 0) is 24.3 Å². The summed E-state index contributed by atoms with van der Waals surface area (Å²) in [6.45, 7) is 2.96. The van der Waals surface area contributed by atoms with E-state index in [-0.39, 0.29) is 13.4 Å². The molecule has 9 nitrogen and oxygen atoms in total. The van der Waals surface area contributed by atoms with Crippen molar-refractivity contribution >= 4 is 28.5 Å². The predicted octanol–water partition coefficient (Wildman–Crippen LogP) is 4.20. The molecule has 6 rings (SSSR count). The molecule has 4 aromatic rings. The van der Waals surface area contributed by atoms with Crippen LogP contribution >= 0.6 is 0 Å². The third-order valence-corrected chi connectivity index (χ3v) is 6.26. The van der Waals surface area contributed by atoms with Crippen LogP contribution in [0.2, 0.25) is 0 Å². The molecule has 3 heterocycles. The van der Waals surface area contributed by atoms with Crippen LogP contribution in [0.4, 0.5) is 0 Å². The van der Waals surface area contributed by atoms with Crippen LogP contribution in [0, 0.1) is 0 Å². The minimum Gasteiger partial charge on any atom is -0.454 e. The Hall–Kier alpha value is -4.27. The first-order valence-corrected chi connectivity index (χ1v) is 11.7. The molecule has 176 valence electrons. The number of benzene rings is 2. The van der Waals surface area contributed by atoms with E-state index in [4.69, 9.17) is 19.2 Å². The summed E-state index contributed by atoms with van der Waals surface area (Å²) in [5, 5.41) is 12.5. The summed E-state index contributed by atoms with van der Waals surface area (Å²) in [4.78, 5) is 18.3. The molecular formula is C26H23N5O4. The summed E-state index contributed by atoms with van der Waals surface area (Å²) in [5.41, 5.74) is 5.14. The fraction of sp³-hybridized carbons (Fsp3) is 0.269. The van der Waals surface area contributed by atoms with E-state index in [1.807, 2.05) is 49.4 Å². The maximum absolute atomic E-state index is 13.4. The zero-order valence-electron chi connectivity index (χ0n) is 19.2. The number of aromatic nitrogens is 5. The number of hydrogen-bond acceptors (Lipinski definition) is 8. The molecule has 0 amide bonds. The van der Waals surface area contributed by atoms with Gasteiger partial charge in [-0.3, -0.25) is 0 Å². The number of allylic oxidation sites excluding steroid dienone is 1. The van der Waals surface area contributed by atoms with Gasteiger partial charge in [0.15, 0.2) is 23.9 Å². The van der Waals surface area contributed by atoms with E-state index < -0.39 is 5.97 Å². The van der Waals surface area contributed by atoms with Gasteiger partial charge in [0.2, 0.25) is 6.79 Å². The van der Waals surface area contributed by atoms with E-state index in [0.29, 0.717) is 24.4 Å². The lowest BCUT2D eigenvalue weighted by Crippen LogP contribution is -2.13. The van der Waals surface area contributed by atoms with Gasteiger partial charge in [0.25, 0.3) is 0 Å². The van der Waals surface area contributed by atoms with Gasteiger partial charge in [-0.2, -0.15) is 0 Å². The third kappa shape index (κ3) is 3.88. The average molecular weight is 470 g/mol. The summed E-state index contributed by atoms with van der Waals surface area (Å²) < 4.78 is 18.3. The molecule has 1 aliphatic carbocycles. The normalized spacial score (nSPS) is 15.1. The second kappa shape index (κ2) is 8.83. The van der Waals surface area contributed by atoms with Crippen molar-refractivity contribution in [1.82, 2.24) is 25.2 Å². The molecular weight excluding hydrogens is 446 g/mol. The molecule has 0 spiro atoms. The van der Waals surface area contributed by atoms with Gasteiger partial charge >= 0.3 is 5.97 Å². The Morgan fingerprint density at radius 1 is 1.14 bits per heavy atom. The van der Waals surface area contributed by atoms with Gasteiger partial charge in [0.05, 0.1) is 16.8 Å². The summed E-state index contributed by atoms with van der Waals surface area (Å²) >= 11 is 0. The highest BCUT2D eigenvalue weighted by Gasteiger charge is 2.28. The second-order valence-corrected chi connectivity index (χ2v) is 8.51. The van der Waals surface area contributed by atoms with Crippen molar-refractivity contribution in [1.29, 1.82) is 0 Å². The molecule has 2 aromatic carbocycles. The maximum atomic E-state index is 13.4.